The highest BCUT2D eigenvalue weighted by atomic mass is 32.2. The predicted molar refractivity (Wildman–Crippen MR) is 144 cm³/mol. The Kier molecular flexibility index (Phi) is 9.08. The number of benzene rings is 3. The van der Waals surface area contributed by atoms with Gasteiger partial charge in [0, 0.05) is 18.8 Å². The summed E-state index contributed by atoms with van der Waals surface area (Å²) in [5, 5.41) is 4.02. The highest BCUT2D eigenvalue weighted by molar-refractivity contribution is 7.92. The van der Waals surface area contributed by atoms with Gasteiger partial charge in [0.1, 0.15) is 12.3 Å². The number of methoxy groups -OCH3 is 1. The topological polar surface area (TPSA) is 91.3 Å². The number of ether oxygens (including phenoxy) is 1. The standard InChI is InChI=1S/C27H32N4O4S/c1-5-30(6-2)23-13-9-22(10-14-23)19-28-29-27(32)20-31(24-11-7-21(3)8-12-24)36(33,34)26-17-15-25(35-4)16-18-26/h7-19H,5-6,20H2,1-4H3,(H,29,32)/b28-19-. The molecule has 3 aromatic rings. The lowest BCUT2D eigenvalue weighted by Gasteiger charge is -2.24. The number of hydrogen-bond donors (Lipinski definition) is 1. The molecule has 0 fully saturated rings. The summed E-state index contributed by atoms with van der Waals surface area (Å²) in [5.74, 6) is -0.0308. The maximum absolute atomic E-state index is 13.4. The fourth-order valence-electron chi connectivity index (χ4n) is 3.61. The highest BCUT2D eigenvalue weighted by Gasteiger charge is 2.27. The first-order chi connectivity index (χ1) is 17.3. The Morgan fingerprint density at radius 2 is 1.50 bits per heavy atom. The van der Waals surface area contributed by atoms with Crippen molar-refractivity contribution in [1.82, 2.24) is 5.43 Å². The van der Waals surface area contributed by atoms with Crippen molar-refractivity contribution in [1.29, 1.82) is 0 Å². The second-order valence-electron chi connectivity index (χ2n) is 8.08. The zero-order chi connectivity index (χ0) is 26.1. The van der Waals surface area contributed by atoms with Gasteiger partial charge in [0.25, 0.3) is 15.9 Å². The molecule has 0 heterocycles. The summed E-state index contributed by atoms with van der Waals surface area (Å²) < 4.78 is 33.1. The van der Waals surface area contributed by atoms with E-state index in [0.717, 1.165) is 34.2 Å². The van der Waals surface area contributed by atoms with Gasteiger partial charge in [-0.3, -0.25) is 9.10 Å². The van der Waals surface area contributed by atoms with Gasteiger partial charge in [-0.1, -0.05) is 29.8 Å². The van der Waals surface area contributed by atoms with Gasteiger partial charge in [0.05, 0.1) is 23.9 Å². The van der Waals surface area contributed by atoms with E-state index in [2.05, 4.69) is 29.3 Å². The van der Waals surface area contributed by atoms with E-state index in [9.17, 15) is 13.2 Å². The zero-order valence-electron chi connectivity index (χ0n) is 21.0. The van der Waals surface area contributed by atoms with Crippen molar-refractivity contribution >= 4 is 33.5 Å². The van der Waals surface area contributed by atoms with Crippen LogP contribution in [-0.2, 0) is 14.8 Å². The van der Waals surface area contributed by atoms with Crippen molar-refractivity contribution in [2.24, 2.45) is 5.10 Å². The molecule has 0 aliphatic rings. The van der Waals surface area contributed by atoms with Gasteiger partial charge in [0.2, 0.25) is 0 Å². The number of amides is 1. The molecule has 0 radical (unpaired) electrons. The molecule has 3 aromatic carbocycles. The smallest absolute Gasteiger partial charge is 0.264 e. The largest absolute Gasteiger partial charge is 0.497 e. The van der Waals surface area contributed by atoms with E-state index < -0.39 is 22.5 Å². The van der Waals surface area contributed by atoms with Gasteiger partial charge in [-0.2, -0.15) is 5.10 Å². The summed E-state index contributed by atoms with van der Waals surface area (Å²) in [6.45, 7) is 7.50. The minimum Gasteiger partial charge on any atom is -0.497 e. The van der Waals surface area contributed by atoms with Crippen LogP contribution in [0.25, 0.3) is 0 Å². The monoisotopic (exact) mass is 508 g/mol. The molecule has 0 unspecified atom stereocenters. The number of anilines is 2. The maximum Gasteiger partial charge on any atom is 0.264 e. The number of hydrazone groups is 1. The second kappa shape index (κ2) is 12.2. The average molecular weight is 509 g/mol. The molecule has 0 atom stereocenters. The fourth-order valence-corrected chi connectivity index (χ4v) is 5.03. The molecule has 0 bridgehead atoms. The van der Waals surface area contributed by atoms with Crippen LogP contribution in [0.3, 0.4) is 0 Å². The first-order valence-corrected chi connectivity index (χ1v) is 13.1. The number of rotatable bonds is 11. The van der Waals surface area contributed by atoms with Crippen molar-refractivity contribution in [2.45, 2.75) is 25.7 Å². The van der Waals surface area contributed by atoms with Crippen molar-refractivity contribution in [3.8, 4) is 5.75 Å². The quantitative estimate of drug-likeness (QED) is 0.310. The number of nitrogens with zero attached hydrogens (tertiary/aromatic N) is 3. The molecule has 0 aromatic heterocycles. The highest BCUT2D eigenvalue weighted by Crippen LogP contribution is 2.25. The van der Waals surface area contributed by atoms with Crippen LogP contribution in [-0.4, -0.2) is 47.3 Å². The summed E-state index contributed by atoms with van der Waals surface area (Å²) in [4.78, 5) is 15.0. The van der Waals surface area contributed by atoms with E-state index >= 15 is 0 Å². The van der Waals surface area contributed by atoms with Gasteiger partial charge in [-0.25, -0.2) is 13.8 Å². The van der Waals surface area contributed by atoms with Crippen molar-refractivity contribution < 1.29 is 17.9 Å². The second-order valence-corrected chi connectivity index (χ2v) is 9.94. The van der Waals surface area contributed by atoms with Crippen molar-refractivity contribution in [3.63, 3.8) is 0 Å². The van der Waals surface area contributed by atoms with Gasteiger partial charge < -0.3 is 9.64 Å². The minimum atomic E-state index is -4.02. The van der Waals surface area contributed by atoms with Crippen molar-refractivity contribution in [2.75, 3.05) is 35.9 Å². The van der Waals surface area contributed by atoms with Crippen LogP contribution in [0.1, 0.15) is 25.0 Å². The van der Waals surface area contributed by atoms with Crippen LogP contribution in [0.15, 0.2) is 82.8 Å². The number of sulfonamides is 1. The Hall–Kier alpha value is -3.85. The molecule has 9 heteroatoms. The van der Waals surface area contributed by atoms with E-state index in [1.807, 2.05) is 31.2 Å². The normalized spacial score (nSPS) is 11.3. The van der Waals surface area contributed by atoms with E-state index in [-0.39, 0.29) is 4.90 Å². The van der Waals surface area contributed by atoms with Gasteiger partial charge in [0.15, 0.2) is 0 Å². The van der Waals surface area contributed by atoms with Crippen LogP contribution in [0, 0.1) is 6.92 Å². The van der Waals surface area contributed by atoms with E-state index in [0.29, 0.717) is 11.4 Å². The number of carbonyl (C=O) groups excluding carboxylic acids is 1. The molecule has 1 N–H and O–H groups in total. The first-order valence-electron chi connectivity index (χ1n) is 11.7. The molecule has 36 heavy (non-hydrogen) atoms. The lowest BCUT2D eigenvalue weighted by Crippen LogP contribution is -2.39. The van der Waals surface area contributed by atoms with Crippen LogP contribution < -0.4 is 19.4 Å². The molecular formula is C27H32N4O4S. The fraction of sp³-hybridized carbons (Fsp3) is 0.259. The third kappa shape index (κ3) is 6.63. The van der Waals surface area contributed by atoms with E-state index in [4.69, 9.17) is 4.74 Å². The number of carbonyl (C=O) groups is 1. The maximum atomic E-state index is 13.4. The van der Waals surface area contributed by atoms with Crippen molar-refractivity contribution in [3.05, 3.63) is 83.9 Å². The summed E-state index contributed by atoms with van der Waals surface area (Å²) >= 11 is 0. The summed E-state index contributed by atoms with van der Waals surface area (Å²) in [6, 6.07) is 20.8. The molecule has 0 aliphatic heterocycles. The molecular weight excluding hydrogens is 476 g/mol. The van der Waals surface area contributed by atoms with Gasteiger partial charge in [-0.05, 0) is 74.9 Å². The van der Waals surface area contributed by atoms with Crippen LogP contribution in [0.4, 0.5) is 11.4 Å². The van der Waals surface area contributed by atoms with E-state index in [1.165, 1.54) is 25.5 Å². The molecule has 0 saturated carbocycles. The molecule has 0 spiro atoms. The molecule has 1 amide bonds. The molecule has 190 valence electrons. The number of aryl methyl sites for hydroxylation is 1. The van der Waals surface area contributed by atoms with Crippen LogP contribution in [0.2, 0.25) is 0 Å². The first kappa shape index (κ1) is 26.7. The summed E-state index contributed by atoms with van der Waals surface area (Å²) in [6.07, 6.45) is 1.53. The van der Waals surface area contributed by atoms with Crippen LogP contribution >= 0.6 is 0 Å². The molecule has 8 nitrogen and oxygen atoms in total. The SMILES string of the molecule is CCN(CC)c1ccc(/C=N\NC(=O)CN(c2ccc(C)cc2)S(=O)(=O)c2ccc(OC)cc2)cc1. The number of nitrogens with one attached hydrogen (secondary N) is 1. The Bertz CT molecular complexity index is 1270. The Balaban J connectivity index is 1.76. The Morgan fingerprint density at radius 3 is 2.06 bits per heavy atom. The third-order valence-corrected chi connectivity index (χ3v) is 7.47. The zero-order valence-corrected chi connectivity index (χ0v) is 21.8. The Labute approximate surface area is 213 Å². The third-order valence-electron chi connectivity index (χ3n) is 5.68. The van der Waals surface area contributed by atoms with Gasteiger partial charge >= 0.3 is 0 Å². The molecule has 0 aliphatic carbocycles. The van der Waals surface area contributed by atoms with E-state index in [1.54, 1.807) is 36.4 Å². The lowest BCUT2D eigenvalue weighted by molar-refractivity contribution is -0.119. The average Bonchev–Trinajstić information content (AvgIpc) is 2.89. The number of hydrogen-bond acceptors (Lipinski definition) is 6. The van der Waals surface area contributed by atoms with Gasteiger partial charge in [-0.15, -0.1) is 0 Å². The minimum absolute atomic E-state index is 0.0495. The molecule has 0 saturated heterocycles. The summed E-state index contributed by atoms with van der Waals surface area (Å²) in [7, 11) is -2.52. The van der Waals surface area contributed by atoms with Crippen LogP contribution in [0.5, 0.6) is 5.75 Å². The Morgan fingerprint density at radius 1 is 0.917 bits per heavy atom. The summed E-state index contributed by atoms with van der Waals surface area (Å²) in [5.41, 5.74) is 5.71. The molecule has 3 rings (SSSR count). The predicted octanol–water partition coefficient (Wildman–Crippen LogP) is 4.20. The lowest BCUT2D eigenvalue weighted by atomic mass is 10.2.